The minimum absolute atomic E-state index is 0.0328. The molecule has 2 N–H and O–H groups in total. The minimum atomic E-state index is -4.79. The van der Waals surface area contributed by atoms with Crippen molar-refractivity contribution in [2.45, 2.75) is 12.6 Å². The lowest BCUT2D eigenvalue weighted by atomic mass is 10.0. The van der Waals surface area contributed by atoms with Gasteiger partial charge in [-0.25, -0.2) is 22.2 Å². The molecule has 0 saturated carbocycles. The van der Waals surface area contributed by atoms with Crippen LogP contribution in [0.2, 0.25) is 0 Å². The van der Waals surface area contributed by atoms with Crippen LogP contribution >= 0.6 is 0 Å². The topological polar surface area (TPSA) is 105 Å². The number of halogens is 5. The lowest BCUT2D eigenvalue weighted by Crippen LogP contribution is -2.23. The second kappa shape index (κ2) is 9.06. The van der Waals surface area contributed by atoms with E-state index in [0.29, 0.717) is 28.2 Å². The second-order valence-electron chi connectivity index (χ2n) is 7.46. The first-order chi connectivity index (χ1) is 16.5. The van der Waals surface area contributed by atoms with E-state index in [2.05, 4.69) is 15.0 Å². The van der Waals surface area contributed by atoms with Gasteiger partial charge in [-0.05, 0) is 24.3 Å². The molecule has 182 valence electrons. The van der Waals surface area contributed by atoms with Gasteiger partial charge in [-0.3, -0.25) is 14.5 Å². The van der Waals surface area contributed by atoms with Gasteiger partial charge < -0.3 is 4.98 Å². The van der Waals surface area contributed by atoms with Crippen molar-refractivity contribution >= 4 is 32.5 Å². The fraction of sp³-hybridized carbons (Fsp3) is 0.136. The zero-order valence-corrected chi connectivity index (χ0v) is 18.3. The maximum absolute atomic E-state index is 15.1. The van der Waals surface area contributed by atoms with Gasteiger partial charge in [0, 0.05) is 46.9 Å². The predicted molar refractivity (Wildman–Crippen MR) is 117 cm³/mol. The summed E-state index contributed by atoms with van der Waals surface area (Å²) in [6.07, 6.45) is -0.548. The number of aromatic nitrogens is 3. The maximum Gasteiger partial charge on any atom is 0.390 e. The van der Waals surface area contributed by atoms with Gasteiger partial charge in [0.05, 0.1) is 17.7 Å². The fourth-order valence-corrected chi connectivity index (χ4v) is 4.41. The molecule has 0 aliphatic carbocycles. The van der Waals surface area contributed by atoms with Gasteiger partial charge >= 0.3 is 6.18 Å². The summed E-state index contributed by atoms with van der Waals surface area (Å²) in [7, 11) is -4.76. The van der Waals surface area contributed by atoms with E-state index < -0.39 is 57.0 Å². The van der Waals surface area contributed by atoms with Gasteiger partial charge in [0.15, 0.2) is 11.6 Å². The average Bonchev–Trinajstić information content (AvgIpc) is 3.24. The third kappa shape index (κ3) is 5.29. The predicted octanol–water partition coefficient (Wildman–Crippen LogP) is 4.83. The first-order valence-corrected chi connectivity index (χ1v) is 11.6. The average molecular weight is 510 g/mol. The van der Waals surface area contributed by atoms with Crippen LogP contribution in [-0.4, -0.2) is 41.1 Å². The number of aromatic amines is 1. The number of hydrogen-bond acceptors (Lipinski definition) is 5. The Bertz CT molecular complexity index is 1520. The highest BCUT2D eigenvalue weighted by Gasteiger charge is 2.31. The van der Waals surface area contributed by atoms with Crippen LogP contribution in [0.25, 0.3) is 22.2 Å². The molecule has 0 unspecified atom stereocenters. The fourth-order valence-electron chi connectivity index (χ4n) is 3.31. The molecule has 0 aliphatic rings. The standard InChI is InChI=1S/C22H15F5N4O3S/c23-17-4-3-14(18(24)19(17)31-35(33,34)7-5-22(25,26)27)20(32)16-11-30-21-15(16)8-13(10-29-21)12-2-1-6-28-9-12/h1-4,6,8-11,31H,5,7H2,(H,29,30). The highest BCUT2D eigenvalue weighted by Crippen LogP contribution is 2.30. The number of nitrogens with one attached hydrogen (secondary N) is 2. The van der Waals surface area contributed by atoms with Gasteiger partial charge in [-0.15, -0.1) is 0 Å². The van der Waals surface area contributed by atoms with Crippen molar-refractivity contribution in [3.8, 4) is 11.1 Å². The van der Waals surface area contributed by atoms with E-state index in [0.717, 1.165) is 6.07 Å². The first-order valence-electron chi connectivity index (χ1n) is 9.93. The zero-order valence-electron chi connectivity index (χ0n) is 17.5. The van der Waals surface area contributed by atoms with E-state index in [1.165, 1.54) is 17.1 Å². The van der Waals surface area contributed by atoms with Crippen LogP contribution in [0, 0.1) is 11.6 Å². The SMILES string of the molecule is O=C(c1ccc(F)c(NS(=O)(=O)CCC(F)(F)F)c1F)c1c[nH]c2ncc(-c3cccnc3)cc12. The van der Waals surface area contributed by atoms with E-state index in [9.17, 15) is 30.8 Å². The Labute approximate surface area is 195 Å². The number of pyridine rings is 2. The number of carbonyl (C=O) groups is 1. The largest absolute Gasteiger partial charge is 0.390 e. The van der Waals surface area contributed by atoms with Gasteiger partial charge in [-0.1, -0.05) is 6.07 Å². The molecule has 0 saturated heterocycles. The maximum atomic E-state index is 15.1. The summed E-state index contributed by atoms with van der Waals surface area (Å²) in [6, 6.07) is 6.55. The summed E-state index contributed by atoms with van der Waals surface area (Å²) >= 11 is 0. The van der Waals surface area contributed by atoms with E-state index in [4.69, 9.17) is 0 Å². The number of rotatable bonds is 7. The van der Waals surface area contributed by atoms with E-state index >= 15 is 4.39 Å². The molecule has 3 aromatic heterocycles. The van der Waals surface area contributed by atoms with Crippen LogP contribution in [0.4, 0.5) is 27.6 Å². The van der Waals surface area contributed by atoms with Crippen molar-refractivity contribution in [3.05, 3.63) is 77.9 Å². The van der Waals surface area contributed by atoms with Crippen molar-refractivity contribution < 1.29 is 35.2 Å². The van der Waals surface area contributed by atoms with Gasteiger partial charge in [0.2, 0.25) is 10.0 Å². The third-order valence-corrected chi connectivity index (χ3v) is 6.27. The van der Waals surface area contributed by atoms with Crippen molar-refractivity contribution in [3.63, 3.8) is 0 Å². The van der Waals surface area contributed by atoms with Crippen molar-refractivity contribution in [1.29, 1.82) is 0 Å². The summed E-state index contributed by atoms with van der Waals surface area (Å²) in [5.41, 5.74) is -0.354. The van der Waals surface area contributed by atoms with Crippen LogP contribution in [0.5, 0.6) is 0 Å². The zero-order chi connectivity index (χ0) is 25.4. The number of carbonyl (C=O) groups excluding carboxylic acids is 1. The van der Waals surface area contributed by atoms with Crippen molar-refractivity contribution in [2.75, 3.05) is 10.5 Å². The Morgan fingerprint density at radius 1 is 1.06 bits per heavy atom. The summed E-state index contributed by atoms with van der Waals surface area (Å²) in [4.78, 5) is 24.1. The van der Waals surface area contributed by atoms with Crippen LogP contribution < -0.4 is 4.72 Å². The minimum Gasteiger partial charge on any atom is -0.345 e. The summed E-state index contributed by atoms with van der Waals surface area (Å²) in [6.45, 7) is 0. The number of hydrogen-bond donors (Lipinski definition) is 2. The molecule has 0 bridgehead atoms. The molecule has 0 atom stereocenters. The molecule has 4 rings (SSSR count). The van der Waals surface area contributed by atoms with Gasteiger partial charge in [-0.2, -0.15) is 13.2 Å². The lowest BCUT2D eigenvalue weighted by Gasteiger charge is -2.13. The molecule has 0 fully saturated rings. The molecule has 7 nitrogen and oxygen atoms in total. The molecular weight excluding hydrogens is 495 g/mol. The van der Waals surface area contributed by atoms with Crippen molar-refractivity contribution in [2.24, 2.45) is 0 Å². The van der Waals surface area contributed by atoms with E-state index in [1.807, 2.05) is 0 Å². The molecule has 1 aromatic carbocycles. The Morgan fingerprint density at radius 2 is 1.83 bits per heavy atom. The highest BCUT2D eigenvalue weighted by atomic mass is 32.2. The molecule has 0 amide bonds. The van der Waals surface area contributed by atoms with Crippen molar-refractivity contribution in [1.82, 2.24) is 15.0 Å². The summed E-state index contributed by atoms with van der Waals surface area (Å²) in [5, 5.41) is 0.312. The smallest absolute Gasteiger partial charge is 0.345 e. The number of sulfonamides is 1. The van der Waals surface area contributed by atoms with Crippen LogP contribution in [-0.2, 0) is 10.0 Å². The van der Waals surface area contributed by atoms with Gasteiger partial charge in [0.1, 0.15) is 17.2 Å². The van der Waals surface area contributed by atoms with Crippen LogP contribution in [0.15, 0.2) is 55.1 Å². The first kappa shape index (κ1) is 24.3. The number of alkyl halides is 3. The summed E-state index contributed by atoms with van der Waals surface area (Å²) < 4.78 is 91.8. The molecular formula is C22H15F5N4O3S. The normalized spacial score (nSPS) is 12.1. The Morgan fingerprint density at radius 3 is 2.51 bits per heavy atom. The Kier molecular flexibility index (Phi) is 6.28. The number of nitrogens with zero attached hydrogens (tertiary/aromatic N) is 2. The quantitative estimate of drug-likeness (QED) is 0.274. The van der Waals surface area contributed by atoms with E-state index in [1.54, 1.807) is 30.6 Å². The number of benzene rings is 1. The molecule has 0 radical (unpaired) electrons. The number of anilines is 1. The lowest BCUT2D eigenvalue weighted by molar-refractivity contribution is -0.129. The second-order valence-corrected chi connectivity index (χ2v) is 9.31. The molecule has 0 spiro atoms. The third-order valence-electron chi connectivity index (χ3n) is 5.02. The number of fused-ring (bicyclic) bond motifs is 1. The van der Waals surface area contributed by atoms with Gasteiger partial charge in [0.25, 0.3) is 0 Å². The Hall–Kier alpha value is -3.87. The molecule has 4 aromatic rings. The van der Waals surface area contributed by atoms with E-state index in [-0.39, 0.29) is 5.56 Å². The molecule has 13 heteroatoms. The highest BCUT2D eigenvalue weighted by molar-refractivity contribution is 7.92. The molecule has 0 aliphatic heterocycles. The Balaban J connectivity index is 1.70. The van der Waals surface area contributed by atoms with Crippen LogP contribution in [0.1, 0.15) is 22.3 Å². The van der Waals surface area contributed by atoms with Crippen LogP contribution in [0.3, 0.4) is 0 Å². The number of H-pyrrole nitrogens is 1. The molecule has 35 heavy (non-hydrogen) atoms. The number of ketones is 1. The monoisotopic (exact) mass is 510 g/mol. The summed E-state index contributed by atoms with van der Waals surface area (Å²) in [5.74, 6) is -5.32. The molecule has 3 heterocycles.